The van der Waals surface area contributed by atoms with E-state index in [-0.39, 0.29) is 66.4 Å². The zero-order valence-electron chi connectivity index (χ0n) is 21.9. The number of imidazole rings is 1. The molecule has 2 amide bonds. The highest BCUT2D eigenvalue weighted by Gasteiger charge is 2.34. The molecule has 2 aliphatic rings. The zero-order chi connectivity index (χ0) is 29.4. The van der Waals surface area contributed by atoms with Crippen LogP contribution in [0.3, 0.4) is 0 Å². The number of carboxylic acid groups (broad SMARTS) is 1. The number of carbonyl (C=O) groups is 3. The van der Waals surface area contributed by atoms with Crippen LogP contribution in [0.5, 0.6) is 6.01 Å². The average Bonchev–Trinajstić information content (AvgIpc) is 3.28. The summed E-state index contributed by atoms with van der Waals surface area (Å²) in [6, 6.07) is 8.64. The molecule has 1 N–H and O–H groups in total. The summed E-state index contributed by atoms with van der Waals surface area (Å²) < 4.78 is 27.0. The largest absolute Gasteiger partial charge is 0.478 e. The van der Waals surface area contributed by atoms with E-state index in [1.54, 1.807) is 12.1 Å². The Labute approximate surface area is 242 Å². The Kier molecular flexibility index (Phi) is 7.39. The molecule has 0 spiro atoms. The predicted molar refractivity (Wildman–Crippen MR) is 144 cm³/mol. The molecule has 2 saturated heterocycles. The number of anilines is 1. The molecule has 1 atom stereocenters. The molecule has 2 aliphatic heterocycles. The summed E-state index contributed by atoms with van der Waals surface area (Å²) in [6.45, 7) is 0.326. The van der Waals surface area contributed by atoms with Crippen molar-refractivity contribution >= 4 is 46.4 Å². The first-order valence-corrected chi connectivity index (χ1v) is 13.3. The molecule has 2 aromatic carbocycles. The van der Waals surface area contributed by atoms with Gasteiger partial charge in [0.15, 0.2) is 0 Å². The number of carboxylic acids is 1. The smallest absolute Gasteiger partial charge is 0.335 e. The van der Waals surface area contributed by atoms with Crippen LogP contribution in [-0.2, 0) is 34.0 Å². The van der Waals surface area contributed by atoms with Crippen molar-refractivity contribution < 1.29 is 33.4 Å². The molecular weight excluding hydrogens is 573 g/mol. The number of aromatic nitrogens is 5. The van der Waals surface area contributed by atoms with Crippen LogP contribution < -0.4 is 9.64 Å². The van der Waals surface area contributed by atoms with Gasteiger partial charge in [0.1, 0.15) is 37.7 Å². The maximum Gasteiger partial charge on any atom is 0.335 e. The second-order valence-corrected chi connectivity index (χ2v) is 10.2. The predicted octanol–water partition coefficient (Wildman–Crippen LogP) is 2.46. The third kappa shape index (κ3) is 5.58. The second kappa shape index (κ2) is 11.3. The molecule has 15 heteroatoms. The van der Waals surface area contributed by atoms with Crippen molar-refractivity contribution in [3.05, 3.63) is 70.5 Å². The first-order valence-electron chi connectivity index (χ1n) is 12.9. The normalized spacial score (nSPS) is 17.0. The third-order valence-electron chi connectivity index (χ3n) is 7.01. The number of halogens is 2. The Bertz CT molecular complexity index is 1710. The first kappa shape index (κ1) is 27.5. The van der Waals surface area contributed by atoms with Gasteiger partial charge in [-0.25, -0.2) is 19.2 Å². The highest BCUT2D eigenvalue weighted by molar-refractivity contribution is 6.30. The standard InChI is InChI=1S/C27H23ClFN7O6/c28-17-3-1-16(19(29)8-17)13-42-27-31-14-30-26(33-27)36-12-23(37)34(11-24(36)38)10-22-32-20-4-2-15(25(39)40)7-21(20)35(22)9-18-5-6-41-18/h1-4,7-8,14,18H,5-6,9-13H2,(H,39,40)/t18-/m0/s1. The van der Waals surface area contributed by atoms with E-state index in [9.17, 15) is 23.9 Å². The maximum absolute atomic E-state index is 14.1. The van der Waals surface area contributed by atoms with Gasteiger partial charge in [0.05, 0.1) is 35.8 Å². The van der Waals surface area contributed by atoms with E-state index in [2.05, 4.69) is 19.9 Å². The van der Waals surface area contributed by atoms with Gasteiger partial charge in [0.25, 0.3) is 0 Å². The number of piperazine rings is 1. The van der Waals surface area contributed by atoms with Gasteiger partial charge >= 0.3 is 12.0 Å². The van der Waals surface area contributed by atoms with Crippen LogP contribution >= 0.6 is 11.6 Å². The van der Waals surface area contributed by atoms with E-state index in [1.165, 1.54) is 23.1 Å². The molecule has 0 saturated carbocycles. The van der Waals surface area contributed by atoms with Crippen molar-refractivity contribution in [1.29, 1.82) is 0 Å². The van der Waals surface area contributed by atoms with Gasteiger partial charge in [-0.1, -0.05) is 17.7 Å². The molecule has 216 valence electrons. The Morgan fingerprint density at radius 2 is 1.95 bits per heavy atom. The molecule has 0 radical (unpaired) electrons. The summed E-state index contributed by atoms with van der Waals surface area (Å²) >= 11 is 5.78. The van der Waals surface area contributed by atoms with E-state index in [0.717, 1.165) is 23.7 Å². The minimum absolute atomic E-state index is 0.0282. The summed E-state index contributed by atoms with van der Waals surface area (Å²) in [5.74, 6) is -2.00. The molecule has 0 unspecified atom stereocenters. The minimum atomic E-state index is -1.06. The fourth-order valence-corrected chi connectivity index (χ4v) is 4.83. The Hall–Kier alpha value is -4.69. The van der Waals surface area contributed by atoms with Gasteiger partial charge in [0, 0.05) is 17.2 Å². The molecule has 2 fully saturated rings. The fourth-order valence-electron chi connectivity index (χ4n) is 4.67. The average molecular weight is 596 g/mol. The van der Waals surface area contributed by atoms with Crippen molar-refractivity contribution in [3.63, 3.8) is 0 Å². The lowest BCUT2D eigenvalue weighted by Crippen LogP contribution is -2.54. The number of fused-ring (bicyclic) bond motifs is 1. The van der Waals surface area contributed by atoms with Gasteiger partial charge in [-0.05, 0) is 36.8 Å². The summed E-state index contributed by atoms with van der Waals surface area (Å²) in [5, 5.41) is 9.70. The van der Waals surface area contributed by atoms with Crippen molar-refractivity contribution in [2.24, 2.45) is 0 Å². The molecular formula is C27H23ClFN7O6. The van der Waals surface area contributed by atoms with Crippen LogP contribution in [0.4, 0.5) is 10.3 Å². The number of ether oxygens (including phenoxy) is 2. The highest BCUT2D eigenvalue weighted by atomic mass is 35.5. The number of hydrogen-bond acceptors (Lipinski definition) is 9. The number of aromatic carboxylic acids is 1. The monoisotopic (exact) mass is 595 g/mol. The molecule has 0 bridgehead atoms. The summed E-state index contributed by atoms with van der Waals surface area (Å²) in [7, 11) is 0. The van der Waals surface area contributed by atoms with Gasteiger partial charge in [-0.15, -0.1) is 0 Å². The van der Waals surface area contributed by atoms with Crippen molar-refractivity contribution in [1.82, 2.24) is 29.4 Å². The number of carbonyl (C=O) groups excluding carboxylic acids is 2. The highest BCUT2D eigenvalue weighted by Crippen LogP contribution is 2.24. The second-order valence-electron chi connectivity index (χ2n) is 9.75. The topological polar surface area (TPSA) is 153 Å². The number of benzene rings is 2. The van der Waals surface area contributed by atoms with Crippen molar-refractivity contribution in [2.45, 2.75) is 32.2 Å². The molecule has 6 rings (SSSR count). The minimum Gasteiger partial charge on any atom is -0.478 e. The van der Waals surface area contributed by atoms with E-state index in [0.29, 0.717) is 30.0 Å². The zero-order valence-corrected chi connectivity index (χ0v) is 22.7. The summed E-state index contributed by atoms with van der Waals surface area (Å²) in [5.41, 5.74) is 1.52. The Morgan fingerprint density at radius 1 is 1.12 bits per heavy atom. The van der Waals surface area contributed by atoms with Crippen molar-refractivity contribution in [2.75, 3.05) is 24.6 Å². The van der Waals surface area contributed by atoms with E-state index >= 15 is 0 Å². The first-order chi connectivity index (χ1) is 20.2. The summed E-state index contributed by atoms with van der Waals surface area (Å²) in [4.78, 5) is 57.1. The van der Waals surface area contributed by atoms with Gasteiger partial charge in [-0.2, -0.15) is 9.97 Å². The SMILES string of the molecule is O=C(O)c1ccc2nc(CN3CC(=O)N(c4ncnc(OCc5ccc(Cl)cc5F)n4)CC3=O)n(C[C@@H]3CCO3)c2c1. The lowest BCUT2D eigenvalue weighted by atomic mass is 10.1. The third-order valence-corrected chi connectivity index (χ3v) is 7.24. The Morgan fingerprint density at radius 3 is 2.69 bits per heavy atom. The van der Waals surface area contributed by atoms with Crippen LogP contribution in [0.2, 0.25) is 5.02 Å². The molecule has 13 nitrogen and oxygen atoms in total. The van der Waals surface area contributed by atoms with Crippen LogP contribution in [-0.4, -0.2) is 78.1 Å². The van der Waals surface area contributed by atoms with Gasteiger partial charge in [0.2, 0.25) is 17.8 Å². The Balaban J connectivity index is 1.17. The van der Waals surface area contributed by atoms with Gasteiger partial charge in [-0.3, -0.25) is 14.5 Å². The fraction of sp³-hybridized carbons (Fsp3) is 0.296. The lowest BCUT2D eigenvalue weighted by molar-refractivity contribution is -0.139. The number of amides is 2. The lowest BCUT2D eigenvalue weighted by Gasteiger charge is -2.33. The summed E-state index contributed by atoms with van der Waals surface area (Å²) in [6.07, 6.45) is 1.93. The van der Waals surface area contributed by atoms with Crippen LogP contribution in [0.25, 0.3) is 11.0 Å². The van der Waals surface area contributed by atoms with Crippen LogP contribution in [0.1, 0.15) is 28.2 Å². The molecule has 0 aliphatic carbocycles. The molecule has 4 aromatic rings. The van der Waals surface area contributed by atoms with Crippen molar-refractivity contribution in [3.8, 4) is 6.01 Å². The van der Waals surface area contributed by atoms with E-state index < -0.39 is 17.7 Å². The molecule has 4 heterocycles. The number of rotatable bonds is 9. The van der Waals surface area contributed by atoms with Crippen LogP contribution in [0.15, 0.2) is 42.7 Å². The number of hydrogen-bond donors (Lipinski definition) is 1. The maximum atomic E-state index is 14.1. The van der Waals surface area contributed by atoms with E-state index in [1.807, 2.05) is 4.57 Å². The molecule has 42 heavy (non-hydrogen) atoms. The number of nitrogens with zero attached hydrogens (tertiary/aromatic N) is 7. The molecule has 2 aromatic heterocycles. The quantitative estimate of drug-likeness (QED) is 0.305. The van der Waals surface area contributed by atoms with Crippen LogP contribution in [0, 0.1) is 5.82 Å². The van der Waals surface area contributed by atoms with Gasteiger partial charge < -0.3 is 24.0 Å². The van der Waals surface area contributed by atoms with E-state index in [4.69, 9.17) is 21.1 Å².